The minimum Gasteiger partial charge on any atom is -0.396 e. The van der Waals surface area contributed by atoms with E-state index in [1.165, 1.54) is 0 Å². The Balaban J connectivity index is 1.75. The van der Waals surface area contributed by atoms with E-state index < -0.39 is 0 Å². The second-order valence-corrected chi connectivity index (χ2v) is 5.39. The number of aromatic nitrogens is 3. The molecular formula is C16H18N4O2. The van der Waals surface area contributed by atoms with Crippen LogP contribution in [-0.4, -0.2) is 38.4 Å². The molecule has 6 heteroatoms. The van der Waals surface area contributed by atoms with Gasteiger partial charge in [0.15, 0.2) is 5.82 Å². The summed E-state index contributed by atoms with van der Waals surface area (Å²) >= 11 is 0. The maximum Gasteiger partial charge on any atom is 0.255 e. The van der Waals surface area contributed by atoms with Crippen molar-refractivity contribution in [2.75, 3.05) is 6.61 Å². The van der Waals surface area contributed by atoms with Crippen molar-refractivity contribution in [1.29, 1.82) is 0 Å². The number of aliphatic hydroxyl groups is 1. The summed E-state index contributed by atoms with van der Waals surface area (Å²) in [7, 11) is 0. The van der Waals surface area contributed by atoms with Gasteiger partial charge in [-0.25, -0.2) is 9.67 Å². The number of nitrogens with one attached hydrogen (secondary N) is 1. The molecule has 0 spiro atoms. The van der Waals surface area contributed by atoms with Crippen LogP contribution in [0, 0.1) is 12.8 Å². The normalized spacial score (nSPS) is 20.3. The zero-order chi connectivity index (χ0) is 15.5. The first-order chi connectivity index (χ1) is 10.7. The van der Waals surface area contributed by atoms with Gasteiger partial charge in [-0.1, -0.05) is 18.2 Å². The topological polar surface area (TPSA) is 80.0 Å². The van der Waals surface area contributed by atoms with E-state index in [0.717, 1.165) is 12.1 Å². The zero-order valence-corrected chi connectivity index (χ0v) is 12.3. The highest BCUT2D eigenvalue weighted by Gasteiger charge is 2.22. The van der Waals surface area contributed by atoms with Crippen LogP contribution in [0.1, 0.15) is 22.5 Å². The Bertz CT molecular complexity index is 693. The summed E-state index contributed by atoms with van der Waals surface area (Å²) in [5.74, 6) is 0.649. The quantitative estimate of drug-likeness (QED) is 0.832. The predicted octanol–water partition coefficient (Wildman–Crippen LogP) is 1.24. The molecule has 1 aliphatic rings. The third kappa shape index (κ3) is 2.78. The van der Waals surface area contributed by atoms with E-state index in [1.54, 1.807) is 17.1 Å². The molecule has 114 valence electrons. The van der Waals surface area contributed by atoms with Crippen molar-refractivity contribution >= 4 is 5.91 Å². The molecule has 3 rings (SSSR count). The van der Waals surface area contributed by atoms with E-state index in [9.17, 15) is 4.79 Å². The number of aliphatic hydroxyl groups excluding tert-OH is 1. The largest absolute Gasteiger partial charge is 0.396 e. The average molecular weight is 298 g/mol. The summed E-state index contributed by atoms with van der Waals surface area (Å²) in [6.45, 7) is 1.96. The molecule has 6 nitrogen and oxygen atoms in total. The van der Waals surface area contributed by atoms with Crippen LogP contribution in [0.2, 0.25) is 0 Å². The van der Waals surface area contributed by atoms with Crippen molar-refractivity contribution in [3.63, 3.8) is 0 Å². The Morgan fingerprint density at radius 1 is 1.45 bits per heavy atom. The zero-order valence-electron chi connectivity index (χ0n) is 12.3. The number of carbonyl (C=O) groups excluding carboxylic acids is 1. The molecule has 2 aromatic heterocycles. The molecule has 0 saturated heterocycles. The van der Waals surface area contributed by atoms with Crippen molar-refractivity contribution in [2.45, 2.75) is 19.4 Å². The lowest BCUT2D eigenvalue weighted by Gasteiger charge is -2.12. The fourth-order valence-corrected chi connectivity index (χ4v) is 2.61. The highest BCUT2D eigenvalue weighted by Crippen LogP contribution is 2.18. The van der Waals surface area contributed by atoms with Crippen LogP contribution >= 0.6 is 0 Å². The van der Waals surface area contributed by atoms with Crippen LogP contribution in [-0.2, 0) is 0 Å². The first-order valence-electron chi connectivity index (χ1n) is 7.25. The van der Waals surface area contributed by atoms with Gasteiger partial charge in [-0.2, -0.15) is 5.10 Å². The molecule has 0 radical (unpaired) electrons. The van der Waals surface area contributed by atoms with Gasteiger partial charge in [0.25, 0.3) is 5.91 Å². The molecule has 2 aromatic rings. The lowest BCUT2D eigenvalue weighted by molar-refractivity contribution is 0.0940. The standard InChI is InChI=1S/C16H18N4O2/c1-11-14(9-18-20(11)15-4-2-3-7-17-15)16(22)19-13-6-5-12(8-13)10-21/h2-7,9,12-13,21H,8,10H2,1H3,(H,19,22)/t12-,13+/m0/s1. The number of carbonyl (C=O) groups is 1. The predicted molar refractivity (Wildman–Crippen MR) is 81.7 cm³/mol. The lowest BCUT2D eigenvalue weighted by atomic mass is 10.1. The second kappa shape index (κ2) is 6.11. The summed E-state index contributed by atoms with van der Waals surface area (Å²) in [6, 6.07) is 5.51. The maximum atomic E-state index is 12.4. The van der Waals surface area contributed by atoms with Gasteiger partial charge in [0.05, 0.1) is 17.5 Å². The molecule has 0 bridgehead atoms. The summed E-state index contributed by atoms with van der Waals surface area (Å²) in [6.07, 6.45) is 7.85. The summed E-state index contributed by atoms with van der Waals surface area (Å²) in [5, 5.41) is 16.3. The Hall–Kier alpha value is -2.47. The van der Waals surface area contributed by atoms with E-state index in [1.807, 2.05) is 37.3 Å². The van der Waals surface area contributed by atoms with Gasteiger partial charge in [0, 0.05) is 24.8 Å². The fourth-order valence-electron chi connectivity index (χ4n) is 2.61. The molecule has 1 aliphatic carbocycles. The molecule has 22 heavy (non-hydrogen) atoms. The van der Waals surface area contributed by atoms with Gasteiger partial charge in [-0.05, 0) is 25.5 Å². The third-order valence-corrected chi connectivity index (χ3v) is 3.84. The number of nitrogens with zero attached hydrogens (tertiary/aromatic N) is 3. The van der Waals surface area contributed by atoms with Gasteiger partial charge in [0.2, 0.25) is 0 Å². The minimum absolute atomic E-state index is 0.0396. The molecule has 0 fully saturated rings. The average Bonchev–Trinajstić information content (AvgIpc) is 3.14. The smallest absolute Gasteiger partial charge is 0.255 e. The van der Waals surface area contributed by atoms with E-state index in [-0.39, 0.29) is 24.5 Å². The molecule has 0 unspecified atom stereocenters. The number of hydrogen-bond acceptors (Lipinski definition) is 4. The van der Waals surface area contributed by atoms with Gasteiger partial charge in [-0.3, -0.25) is 4.79 Å². The summed E-state index contributed by atoms with van der Waals surface area (Å²) in [4.78, 5) is 16.6. The van der Waals surface area contributed by atoms with E-state index in [2.05, 4.69) is 15.4 Å². The molecule has 0 aliphatic heterocycles. The molecule has 0 saturated carbocycles. The number of pyridine rings is 1. The second-order valence-electron chi connectivity index (χ2n) is 5.39. The molecule has 2 heterocycles. The molecular weight excluding hydrogens is 280 g/mol. The first kappa shape index (κ1) is 14.5. The van der Waals surface area contributed by atoms with E-state index >= 15 is 0 Å². The first-order valence-corrected chi connectivity index (χ1v) is 7.25. The van der Waals surface area contributed by atoms with Crippen molar-refractivity contribution in [3.8, 4) is 5.82 Å². The van der Waals surface area contributed by atoms with Crippen molar-refractivity contribution < 1.29 is 9.90 Å². The highest BCUT2D eigenvalue weighted by molar-refractivity contribution is 5.95. The summed E-state index contributed by atoms with van der Waals surface area (Å²) < 4.78 is 1.65. The van der Waals surface area contributed by atoms with Crippen molar-refractivity contribution in [2.24, 2.45) is 5.92 Å². The minimum atomic E-state index is -0.159. The van der Waals surface area contributed by atoms with Crippen LogP contribution in [0.15, 0.2) is 42.7 Å². The lowest BCUT2D eigenvalue weighted by Crippen LogP contribution is -2.33. The van der Waals surface area contributed by atoms with Crippen LogP contribution in [0.5, 0.6) is 0 Å². The maximum absolute atomic E-state index is 12.4. The molecule has 2 N–H and O–H groups in total. The Labute approximate surface area is 128 Å². The summed E-state index contributed by atoms with van der Waals surface area (Å²) in [5.41, 5.74) is 1.28. The Morgan fingerprint density at radius 3 is 3.00 bits per heavy atom. The SMILES string of the molecule is Cc1c(C(=O)N[C@@H]2C=C[C@H](CO)C2)cnn1-c1ccccn1. The van der Waals surface area contributed by atoms with Gasteiger partial charge < -0.3 is 10.4 Å². The fraction of sp³-hybridized carbons (Fsp3) is 0.312. The van der Waals surface area contributed by atoms with E-state index in [4.69, 9.17) is 5.11 Å². The van der Waals surface area contributed by atoms with Crippen LogP contribution in [0.3, 0.4) is 0 Å². The van der Waals surface area contributed by atoms with Crippen molar-refractivity contribution in [1.82, 2.24) is 20.1 Å². The molecule has 1 amide bonds. The van der Waals surface area contributed by atoms with Gasteiger partial charge in [-0.15, -0.1) is 0 Å². The van der Waals surface area contributed by atoms with Crippen LogP contribution < -0.4 is 5.32 Å². The Kier molecular flexibility index (Phi) is 4.02. The van der Waals surface area contributed by atoms with Gasteiger partial charge >= 0.3 is 0 Å². The Morgan fingerprint density at radius 2 is 2.32 bits per heavy atom. The van der Waals surface area contributed by atoms with Crippen molar-refractivity contribution in [3.05, 3.63) is 54.0 Å². The number of rotatable bonds is 4. The third-order valence-electron chi connectivity index (χ3n) is 3.84. The molecule has 2 atom stereocenters. The molecule has 0 aromatic carbocycles. The van der Waals surface area contributed by atoms with Crippen LogP contribution in [0.4, 0.5) is 0 Å². The van der Waals surface area contributed by atoms with E-state index in [0.29, 0.717) is 11.4 Å². The number of hydrogen-bond donors (Lipinski definition) is 2. The van der Waals surface area contributed by atoms with Crippen LogP contribution in [0.25, 0.3) is 5.82 Å². The monoisotopic (exact) mass is 298 g/mol. The van der Waals surface area contributed by atoms with Gasteiger partial charge in [0.1, 0.15) is 0 Å². The highest BCUT2D eigenvalue weighted by atomic mass is 16.3. The number of amides is 1.